The van der Waals surface area contributed by atoms with E-state index in [1.54, 1.807) is 18.2 Å². The number of benzene rings is 1. The van der Waals surface area contributed by atoms with Crippen LogP contribution in [0.4, 0.5) is 11.4 Å². The van der Waals surface area contributed by atoms with Crippen molar-refractivity contribution in [2.45, 2.75) is 40.0 Å². The number of anilines is 2. The van der Waals surface area contributed by atoms with Crippen LogP contribution in [-0.4, -0.2) is 30.0 Å². The molecular weight excluding hydrogens is 312 g/mol. The van der Waals surface area contributed by atoms with Gasteiger partial charge in [0.05, 0.1) is 25.1 Å². The Balaban J connectivity index is 2.91. The van der Waals surface area contributed by atoms with E-state index >= 15 is 0 Å². The van der Waals surface area contributed by atoms with Crippen LogP contribution in [0.25, 0.3) is 0 Å². The third-order valence-corrected chi connectivity index (χ3v) is 2.82. The molecule has 0 heterocycles. The molecule has 7 nitrogen and oxygen atoms in total. The van der Waals surface area contributed by atoms with E-state index < -0.39 is 11.8 Å². The Hall–Kier alpha value is -2.70. The number of carbonyl (C=O) groups is 4. The summed E-state index contributed by atoms with van der Waals surface area (Å²) in [5.74, 6) is -0.941. The van der Waals surface area contributed by atoms with Crippen LogP contribution in [0.1, 0.15) is 40.0 Å². The molecular formula is C17H22N2O5. The fourth-order valence-corrected chi connectivity index (χ4v) is 1.89. The van der Waals surface area contributed by atoms with E-state index in [4.69, 9.17) is 4.74 Å². The minimum absolute atomic E-state index is 0.206. The molecule has 7 heteroatoms. The average Bonchev–Trinajstić information content (AvgIpc) is 2.45. The van der Waals surface area contributed by atoms with Gasteiger partial charge in [0.25, 0.3) is 0 Å². The van der Waals surface area contributed by atoms with Crippen molar-refractivity contribution in [3.05, 3.63) is 18.2 Å². The predicted octanol–water partition coefficient (Wildman–Crippen LogP) is 2.31. The Morgan fingerprint density at radius 2 is 1.54 bits per heavy atom. The van der Waals surface area contributed by atoms with E-state index in [9.17, 15) is 19.2 Å². The summed E-state index contributed by atoms with van der Waals surface area (Å²) in [4.78, 5) is 45.3. The Labute approximate surface area is 140 Å². The molecule has 0 unspecified atom stereocenters. The molecule has 0 aliphatic heterocycles. The summed E-state index contributed by atoms with van der Waals surface area (Å²) in [6.07, 6.45) is 0.342. The van der Waals surface area contributed by atoms with E-state index in [1.807, 2.05) is 6.92 Å². The van der Waals surface area contributed by atoms with E-state index in [1.165, 1.54) is 13.8 Å². The second-order valence-corrected chi connectivity index (χ2v) is 5.41. The normalized spacial score (nSPS) is 9.96. The number of ketones is 2. The fraction of sp³-hybridized carbons (Fsp3) is 0.412. The van der Waals surface area contributed by atoms with Crippen LogP contribution in [0.3, 0.4) is 0 Å². The lowest BCUT2D eigenvalue weighted by atomic mass is 10.2. The number of Topliss-reactive ketones (excluding diaryl/α,β-unsaturated/α-hetero) is 2. The van der Waals surface area contributed by atoms with Gasteiger partial charge in [0.15, 0.2) is 0 Å². The van der Waals surface area contributed by atoms with Crippen molar-refractivity contribution in [2.75, 3.05) is 17.2 Å². The summed E-state index contributed by atoms with van der Waals surface area (Å²) >= 11 is 0. The van der Waals surface area contributed by atoms with Gasteiger partial charge in [-0.05, 0) is 32.4 Å². The van der Waals surface area contributed by atoms with Crippen LogP contribution in [0.2, 0.25) is 0 Å². The standard InChI is InChI=1S/C17H22N2O5/c1-4-7-24-15-10-13(18-16(22)8-11(2)20)5-6-14(15)19-17(23)9-12(3)21/h5-6,10H,4,7-9H2,1-3H3,(H,18,22)(H,19,23). The van der Waals surface area contributed by atoms with Crippen molar-refractivity contribution >= 4 is 34.8 Å². The first-order valence-electron chi connectivity index (χ1n) is 7.67. The van der Waals surface area contributed by atoms with Crippen molar-refractivity contribution in [3.8, 4) is 5.75 Å². The van der Waals surface area contributed by atoms with Crippen molar-refractivity contribution in [1.29, 1.82) is 0 Å². The molecule has 130 valence electrons. The highest BCUT2D eigenvalue weighted by molar-refractivity contribution is 6.05. The fourth-order valence-electron chi connectivity index (χ4n) is 1.89. The van der Waals surface area contributed by atoms with Crippen LogP contribution in [0, 0.1) is 0 Å². The monoisotopic (exact) mass is 334 g/mol. The highest BCUT2D eigenvalue weighted by Gasteiger charge is 2.12. The minimum atomic E-state index is -0.433. The summed E-state index contributed by atoms with van der Waals surface area (Å²) in [6.45, 7) is 5.04. The number of rotatable bonds is 9. The number of ether oxygens (including phenoxy) is 1. The Bertz CT molecular complexity index is 640. The van der Waals surface area contributed by atoms with Crippen molar-refractivity contribution in [3.63, 3.8) is 0 Å². The summed E-state index contributed by atoms with van der Waals surface area (Å²) < 4.78 is 5.58. The first kappa shape index (κ1) is 19.3. The molecule has 2 amide bonds. The van der Waals surface area contributed by atoms with Crippen LogP contribution in [0.15, 0.2) is 18.2 Å². The second kappa shape index (κ2) is 9.44. The van der Waals surface area contributed by atoms with Gasteiger partial charge in [0.1, 0.15) is 17.3 Å². The van der Waals surface area contributed by atoms with E-state index in [0.29, 0.717) is 23.7 Å². The van der Waals surface area contributed by atoms with Gasteiger partial charge in [0, 0.05) is 11.8 Å². The zero-order chi connectivity index (χ0) is 18.1. The molecule has 1 aromatic carbocycles. The first-order valence-corrected chi connectivity index (χ1v) is 7.67. The summed E-state index contributed by atoms with van der Waals surface area (Å²) in [6, 6.07) is 4.73. The third kappa shape index (κ3) is 7.04. The molecule has 1 aromatic rings. The van der Waals surface area contributed by atoms with Gasteiger partial charge >= 0.3 is 0 Å². The molecule has 0 radical (unpaired) electrons. The molecule has 24 heavy (non-hydrogen) atoms. The van der Waals surface area contributed by atoms with Crippen molar-refractivity contribution in [1.82, 2.24) is 0 Å². The Morgan fingerprint density at radius 3 is 2.08 bits per heavy atom. The second-order valence-electron chi connectivity index (χ2n) is 5.41. The lowest BCUT2D eigenvalue weighted by Crippen LogP contribution is -2.17. The molecule has 2 N–H and O–H groups in total. The summed E-state index contributed by atoms with van der Waals surface area (Å²) in [5, 5.41) is 5.21. The number of amides is 2. The lowest BCUT2D eigenvalue weighted by Gasteiger charge is -2.14. The van der Waals surface area contributed by atoms with Crippen LogP contribution >= 0.6 is 0 Å². The third-order valence-electron chi connectivity index (χ3n) is 2.82. The molecule has 0 aliphatic carbocycles. The molecule has 0 saturated carbocycles. The predicted molar refractivity (Wildman–Crippen MR) is 90.1 cm³/mol. The molecule has 0 bridgehead atoms. The van der Waals surface area contributed by atoms with Crippen LogP contribution < -0.4 is 15.4 Å². The van der Waals surface area contributed by atoms with Gasteiger partial charge in [0.2, 0.25) is 11.8 Å². The zero-order valence-corrected chi connectivity index (χ0v) is 14.1. The number of nitrogens with one attached hydrogen (secondary N) is 2. The molecule has 1 rings (SSSR count). The largest absolute Gasteiger partial charge is 0.491 e. The molecule has 0 atom stereocenters. The molecule has 0 spiro atoms. The maximum absolute atomic E-state index is 11.7. The zero-order valence-electron chi connectivity index (χ0n) is 14.1. The van der Waals surface area contributed by atoms with Crippen molar-refractivity contribution < 1.29 is 23.9 Å². The Morgan fingerprint density at radius 1 is 0.958 bits per heavy atom. The summed E-state index contributed by atoms with van der Waals surface area (Å²) in [7, 11) is 0. The van der Waals surface area contributed by atoms with E-state index in [0.717, 1.165) is 6.42 Å². The smallest absolute Gasteiger partial charge is 0.231 e. The number of hydrogen-bond donors (Lipinski definition) is 2. The van der Waals surface area contributed by atoms with Crippen LogP contribution in [0.5, 0.6) is 5.75 Å². The molecule has 0 aliphatic rings. The Kier molecular flexibility index (Phi) is 7.61. The number of hydrogen-bond acceptors (Lipinski definition) is 5. The van der Waals surface area contributed by atoms with Crippen molar-refractivity contribution in [2.24, 2.45) is 0 Å². The topological polar surface area (TPSA) is 102 Å². The van der Waals surface area contributed by atoms with Gasteiger partial charge in [-0.3, -0.25) is 19.2 Å². The molecule has 0 saturated heterocycles. The lowest BCUT2D eigenvalue weighted by molar-refractivity contribution is -0.125. The number of carbonyl (C=O) groups excluding carboxylic acids is 4. The van der Waals surface area contributed by atoms with Gasteiger partial charge in [-0.15, -0.1) is 0 Å². The maximum Gasteiger partial charge on any atom is 0.231 e. The summed E-state index contributed by atoms with van der Waals surface area (Å²) in [5.41, 5.74) is 0.871. The van der Waals surface area contributed by atoms with Gasteiger partial charge in [-0.1, -0.05) is 6.92 Å². The first-order chi connectivity index (χ1) is 11.3. The highest BCUT2D eigenvalue weighted by Crippen LogP contribution is 2.29. The minimum Gasteiger partial charge on any atom is -0.491 e. The van der Waals surface area contributed by atoms with Gasteiger partial charge in [-0.2, -0.15) is 0 Å². The maximum atomic E-state index is 11.7. The van der Waals surface area contributed by atoms with E-state index in [2.05, 4.69) is 10.6 Å². The molecule has 0 fully saturated rings. The van der Waals surface area contributed by atoms with Gasteiger partial charge in [-0.25, -0.2) is 0 Å². The van der Waals surface area contributed by atoms with E-state index in [-0.39, 0.29) is 24.4 Å². The van der Waals surface area contributed by atoms with Crippen LogP contribution in [-0.2, 0) is 19.2 Å². The molecule has 0 aromatic heterocycles. The quantitative estimate of drug-likeness (QED) is 0.675. The average molecular weight is 334 g/mol. The van der Waals surface area contributed by atoms with Gasteiger partial charge < -0.3 is 15.4 Å². The SMILES string of the molecule is CCCOc1cc(NC(=O)CC(C)=O)ccc1NC(=O)CC(C)=O. The highest BCUT2D eigenvalue weighted by atomic mass is 16.5.